The Morgan fingerprint density at radius 3 is 2.48 bits per heavy atom. The first-order valence-electron chi connectivity index (χ1n) is 9.13. The first-order valence-corrected chi connectivity index (χ1v) is 9.95. The van der Waals surface area contributed by atoms with E-state index in [4.69, 9.17) is 4.98 Å². The average Bonchev–Trinajstić information content (AvgIpc) is 2.68. The fourth-order valence-corrected chi connectivity index (χ4v) is 4.54. The van der Waals surface area contributed by atoms with Crippen molar-refractivity contribution in [1.82, 2.24) is 9.55 Å². The molecule has 0 fully saturated rings. The van der Waals surface area contributed by atoms with Crippen LogP contribution in [0.4, 0.5) is 0 Å². The van der Waals surface area contributed by atoms with Crippen LogP contribution in [0.2, 0.25) is 0 Å². The van der Waals surface area contributed by atoms with E-state index in [1.54, 1.807) is 10.6 Å². The molecule has 4 rings (SSSR count). The molecule has 2 heterocycles. The Morgan fingerprint density at radius 1 is 1.04 bits per heavy atom. The predicted molar refractivity (Wildman–Crippen MR) is 112 cm³/mol. The summed E-state index contributed by atoms with van der Waals surface area (Å²) < 4.78 is 2.56. The van der Waals surface area contributed by atoms with Crippen LogP contribution in [0.5, 0.6) is 0 Å². The monoisotopic (exact) mass is 376 g/mol. The summed E-state index contributed by atoms with van der Waals surface area (Å²) >= 11 is 1.41. The lowest BCUT2D eigenvalue weighted by Crippen LogP contribution is -2.31. The minimum atomic E-state index is -0.244. The SMILES string of the molecule is CCCc1nc2sc3ccccc3c(=O)c2c(=O)n1[C@H](C)c1ccccc1. The standard InChI is InChI=1S/C22H20N2O2S/c1-3-9-18-23-21-19(20(25)16-12-7-8-13-17(16)27-21)22(26)24(18)14(2)15-10-5-4-6-11-15/h4-8,10-14H,3,9H2,1-2H3/t14-/m1/s1. The van der Waals surface area contributed by atoms with Crippen LogP contribution in [0.15, 0.2) is 64.2 Å². The molecule has 0 aliphatic carbocycles. The van der Waals surface area contributed by atoms with Crippen LogP contribution < -0.4 is 11.0 Å². The molecule has 5 heteroatoms. The number of nitrogens with zero attached hydrogens (tertiary/aromatic N) is 2. The maximum atomic E-state index is 13.4. The fourth-order valence-electron chi connectivity index (χ4n) is 3.49. The van der Waals surface area contributed by atoms with Gasteiger partial charge in [0.1, 0.15) is 16.0 Å². The first kappa shape index (κ1) is 17.6. The number of rotatable bonds is 4. The summed E-state index contributed by atoms with van der Waals surface area (Å²) in [6, 6.07) is 17.1. The Kier molecular flexibility index (Phi) is 4.62. The van der Waals surface area contributed by atoms with E-state index < -0.39 is 0 Å². The Morgan fingerprint density at radius 2 is 1.74 bits per heavy atom. The van der Waals surface area contributed by atoms with Crippen molar-refractivity contribution in [1.29, 1.82) is 0 Å². The molecule has 0 saturated carbocycles. The molecular formula is C22H20N2O2S. The summed E-state index contributed by atoms with van der Waals surface area (Å²) in [6.07, 6.45) is 1.57. The molecule has 0 unspecified atom stereocenters. The normalized spacial score (nSPS) is 12.5. The van der Waals surface area contributed by atoms with Crippen molar-refractivity contribution in [2.45, 2.75) is 32.7 Å². The topological polar surface area (TPSA) is 52.0 Å². The second-order valence-corrected chi connectivity index (χ2v) is 7.68. The minimum Gasteiger partial charge on any atom is -0.289 e. The maximum Gasteiger partial charge on any atom is 0.266 e. The fraction of sp³-hybridized carbons (Fsp3) is 0.227. The third kappa shape index (κ3) is 2.98. The molecule has 1 atom stereocenters. The second kappa shape index (κ2) is 7.08. The Labute approximate surface area is 160 Å². The van der Waals surface area contributed by atoms with Crippen molar-refractivity contribution in [3.63, 3.8) is 0 Å². The van der Waals surface area contributed by atoms with Crippen molar-refractivity contribution in [3.8, 4) is 0 Å². The number of aryl methyl sites for hydroxylation is 1. The molecule has 0 bridgehead atoms. The van der Waals surface area contributed by atoms with E-state index in [0.29, 0.717) is 16.6 Å². The largest absolute Gasteiger partial charge is 0.289 e. The molecule has 0 spiro atoms. The third-order valence-corrected chi connectivity index (χ3v) is 5.93. The van der Waals surface area contributed by atoms with Gasteiger partial charge in [0, 0.05) is 16.5 Å². The van der Waals surface area contributed by atoms with E-state index in [0.717, 1.165) is 22.5 Å². The van der Waals surface area contributed by atoms with E-state index in [1.165, 1.54) is 11.3 Å². The molecule has 136 valence electrons. The molecule has 4 aromatic rings. The third-order valence-electron chi connectivity index (χ3n) is 4.86. The van der Waals surface area contributed by atoms with E-state index in [-0.39, 0.29) is 22.4 Å². The Hall–Kier alpha value is -2.79. The van der Waals surface area contributed by atoms with Crippen LogP contribution in [-0.2, 0) is 6.42 Å². The lowest BCUT2D eigenvalue weighted by molar-refractivity contribution is 0.566. The van der Waals surface area contributed by atoms with Gasteiger partial charge in [0.25, 0.3) is 5.56 Å². The summed E-state index contributed by atoms with van der Waals surface area (Å²) in [6.45, 7) is 4.05. The van der Waals surface area contributed by atoms with E-state index in [9.17, 15) is 9.59 Å². The summed E-state index contributed by atoms with van der Waals surface area (Å²) in [4.78, 5) is 31.8. The Balaban J connectivity index is 2.08. The molecular weight excluding hydrogens is 356 g/mol. The summed E-state index contributed by atoms with van der Waals surface area (Å²) in [5, 5.41) is 0.775. The summed E-state index contributed by atoms with van der Waals surface area (Å²) in [7, 11) is 0. The van der Waals surface area contributed by atoms with Gasteiger partial charge in [0.15, 0.2) is 0 Å². The van der Waals surface area contributed by atoms with Crippen LogP contribution in [0.25, 0.3) is 20.3 Å². The molecule has 0 amide bonds. The molecule has 2 aromatic carbocycles. The van der Waals surface area contributed by atoms with Crippen molar-refractivity contribution in [3.05, 3.63) is 86.6 Å². The number of hydrogen-bond acceptors (Lipinski definition) is 4. The van der Waals surface area contributed by atoms with Crippen molar-refractivity contribution < 1.29 is 0 Å². The Bertz CT molecular complexity index is 1240. The highest BCUT2D eigenvalue weighted by atomic mass is 32.1. The second-order valence-electron chi connectivity index (χ2n) is 6.65. The molecule has 4 nitrogen and oxygen atoms in total. The highest BCUT2D eigenvalue weighted by Gasteiger charge is 2.20. The maximum absolute atomic E-state index is 13.4. The van der Waals surface area contributed by atoms with E-state index in [2.05, 4.69) is 6.92 Å². The van der Waals surface area contributed by atoms with Gasteiger partial charge in [-0.25, -0.2) is 4.98 Å². The van der Waals surface area contributed by atoms with Gasteiger partial charge in [-0.15, -0.1) is 11.3 Å². The highest BCUT2D eigenvalue weighted by Crippen LogP contribution is 2.24. The predicted octanol–water partition coefficient (Wildman–Crippen LogP) is 4.53. The van der Waals surface area contributed by atoms with Crippen LogP contribution in [-0.4, -0.2) is 9.55 Å². The van der Waals surface area contributed by atoms with Crippen LogP contribution in [0.1, 0.15) is 37.7 Å². The molecule has 0 aliphatic heterocycles. The van der Waals surface area contributed by atoms with Crippen molar-refractivity contribution in [2.24, 2.45) is 0 Å². The van der Waals surface area contributed by atoms with Gasteiger partial charge in [-0.05, 0) is 31.0 Å². The minimum absolute atomic E-state index is 0.187. The van der Waals surface area contributed by atoms with Crippen molar-refractivity contribution in [2.75, 3.05) is 0 Å². The molecule has 0 aliphatic rings. The smallest absolute Gasteiger partial charge is 0.266 e. The van der Waals surface area contributed by atoms with Gasteiger partial charge in [-0.3, -0.25) is 14.2 Å². The number of fused-ring (bicyclic) bond motifs is 2. The number of benzene rings is 2. The lowest BCUT2D eigenvalue weighted by Gasteiger charge is -2.20. The zero-order valence-corrected chi connectivity index (χ0v) is 16.1. The van der Waals surface area contributed by atoms with Crippen LogP contribution >= 0.6 is 11.3 Å². The van der Waals surface area contributed by atoms with Gasteiger partial charge in [-0.2, -0.15) is 0 Å². The number of aromatic nitrogens is 2. The van der Waals surface area contributed by atoms with Crippen molar-refractivity contribution >= 4 is 31.6 Å². The molecule has 2 aromatic heterocycles. The zero-order chi connectivity index (χ0) is 19.0. The first-order chi connectivity index (χ1) is 13.1. The van der Waals surface area contributed by atoms with Crippen LogP contribution in [0, 0.1) is 0 Å². The quantitative estimate of drug-likeness (QED) is 0.492. The zero-order valence-electron chi connectivity index (χ0n) is 15.3. The molecule has 27 heavy (non-hydrogen) atoms. The van der Waals surface area contributed by atoms with Gasteiger partial charge in [0.05, 0.1) is 6.04 Å². The lowest BCUT2D eigenvalue weighted by atomic mass is 10.1. The number of hydrogen-bond donors (Lipinski definition) is 0. The van der Waals surface area contributed by atoms with Gasteiger partial charge < -0.3 is 0 Å². The van der Waals surface area contributed by atoms with Gasteiger partial charge in [0.2, 0.25) is 5.43 Å². The molecule has 0 saturated heterocycles. The van der Waals surface area contributed by atoms with Gasteiger partial charge in [-0.1, -0.05) is 49.4 Å². The van der Waals surface area contributed by atoms with E-state index in [1.807, 2.05) is 55.5 Å². The average molecular weight is 376 g/mol. The van der Waals surface area contributed by atoms with Gasteiger partial charge >= 0.3 is 0 Å². The van der Waals surface area contributed by atoms with E-state index >= 15 is 0 Å². The molecule has 0 N–H and O–H groups in total. The highest BCUT2D eigenvalue weighted by molar-refractivity contribution is 7.24. The summed E-state index contributed by atoms with van der Waals surface area (Å²) in [5.74, 6) is 0.734. The molecule has 0 radical (unpaired) electrons. The summed E-state index contributed by atoms with van der Waals surface area (Å²) in [5.41, 5.74) is 0.552. The van der Waals surface area contributed by atoms with Crippen LogP contribution in [0.3, 0.4) is 0 Å².